The van der Waals surface area contributed by atoms with Crippen molar-refractivity contribution in [1.29, 1.82) is 0 Å². The zero-order chi connectivity index (χ0) is 10.8. The number of aromatic amines is 1. The zero-order valence-corrected chi connectivity index (χ0v) is 9.04. The highest BCUT2D eigenvalue weighted by molar-refractivity contribution is 8.00. The van der Waals surface area contributed by atoms with Crippen LogP contribution in [0.4, 0.5) is 0 Å². The molecule has 2 aromatic rings. The van der Waals surface area contributed by atoms with E-state index in [1.807, 2.05) is 30.3 Å². The van der Waals surface area contributed by atoms with Crippen LogP contribution in [0.1, 0.15) is 6.92 Å². The van der Waals surface area contributed by atoms with Crippen molar-refractivity contribution in [3.63, 3.8) is 0 Å². The molecule has 1 aromatic heterocycles. The summed E-state index contributed by atoms with van der Waals surface area (Å²) in [5.74, 6) is -0.793. The first kappa shape index (κ1) is 10.1. The molecule has 0 aliphatic rings. The molecule has 0 saturated carbocycles. The monoisotopic (exact) mass is 221 g/mol. The predicted octanol–water partition coefficient (Wildman–Crippen LogP) is 2.73. The molecule has 0 spiro atoms. The lowest BCUT2D eigenvalue weighted by Gasteiger charge is -2.02. The maximum absolute atomic E-state index is 10.7. The van der Waals surface area contributed by atoms with Crippen molar-refractivity contribution < 1.29 is 9.90 Å². The Morgan fingerprint density at radius 2 is 2.20 bits per heavy atom. The molecule has 0 saturated heterocycles. The normalized spacial score (nSPS) is 12.9. The van der Waals surface area contributed by atoms with Crippen molar-refractivity contribution in [2.75, 3.05) is 0 Å². The molecule has 15 heavy (non-hydrogen) atoms. The number of thioether (sulfide) groups is 1. The Hall–Kier alpha value is -1.42. The lowest BCUT2D eigenvalue weighted by molar-refractivity contribution is -0.136. The summed E-state index contributed by atoms with van der Waals surface area (Å²) in [6.07, 6.45) is 0. The Kier molecular flexibility index (Phi) is 2.68. The molecule has 0 amide bonds. The van der Waals surface area contributed by atoms with Crippen LogP contribution in [0.3, 0.4) is 0 Å². The van der Waals surface area contributed by atoms with Gasteiger partial charge in [-0.2, -0.15) is 0 Å². The van der Waals surface area contributed by atoms with Crippen molar-refractivity contribution in [2.24, 2.45) is 0 Å². The Balaban J connectivity index is 2.26. The second kappa shape index (κ2) is 3.98. The van der Waals surface area contributed by atoms with Gasteiger partial charge in [0, 0.05) is 10.9 Å². The molecule has 0 aliphatic carbocycles. The van der Waals surface area contributed by atoms with Crippen LogP contribution in [0.5, 0.6) is 0 Å². The van der Waals surface area contributed by atoms with Crippen molar-refractivity contribution in [3.05, 3.63) is 30.3 Å². The average molecular weight is 221 g/mol. The highest BCUT2D eigenvalue weighted by atomic mass is 32.2. The number of aliphatic carboxylic acids is 1. The molecule has 1 unspecified atom stereocenters. The standard InChI is InChI=1S/C11H11NO2S/c1-7(11(13)14)15-10-6-8-4-2-3-5-9(8)12-10/h2-7,12H,1H3,(H,13,14). The summed E-state index contributed by atoms with van der Waals surface area (Å²) < 4.78 is 0. The van der Waals surface area contributed by atoms with E-state index in [9.17, 15) is 4.79 Å². The molecule has 4 heteroatoms. The maximum Gasteiger partial charge on any atom is 0.316 e. The minimum atomic E-state index is -0.793. The number of rotatable bonds is 3. The van der Waals surface area contributed by atoms with Crippen LogP contribution in [-0.2, 0) is 4.79 Å². The van der Waals surface area contributed by atoms with Gasteiger partial charge in [-0.25, -0.2) is 0 Å². The smallest absolute Gasteiger partial charge is 0.316 e. The summed E-state index contributed by atoms with van der Waals surface area (Å²) >= 11 is 1.32. The van der Waals surface area contributed by atoms with Gasteiger partial charge in [-0.3, -0.25) is 4.79 Å². The van der Waals surface area contributed by atoms with Crippen LogP contribution < -0.4 is 0 Å². The number of para-hydroxylation sites is 1. The number of carboxylic acids is 1. The molecule has 2 N–H and O–H groups in total. The molecule has 1 aromatic carbocycles. The molecule has 0 radical (unpaired) electrons. The number of fused-ring (bicyclic) bond motifs is 1. The van der Waals surface area contributed by atoms with Crippen LogP contribution in [-0.4, -0.2) is 21.3 Å². The first-order valence-corrected chi connectivity index (χ1v) is 5.52. The largest absolute Gasteiger partial charge is 0.480 e. The lowest BCUT2D eigenvalue weighted by Crippen LogP contribution is -2.10. The van der Waals surface area contributed by atoms with E-state index in [0.29, 0.717) is 0 Å². The number of aromatic nitrogens is 1. The number of carboxylic acid groups (broad SMARTS) is 1. The number of hydrogen-bond acceptors (Lipinski definition) is 2. The molecular formula is C11H11NO2S. The molecular weight excluding hydrogens is 210 g/mol. The number of benzene rings is 1. The molecule has 0 bridgehead atoms. The third kappa shape index (κ3) is 2.15. The van der Waals surface area contributed by atoms with Crippen molar-refractivity contribution in [1.82, 2.24) is 4.98 Å². The first-order chi connectivity index (χ1) is 7.16. The van der Waals surface area contributed by atoms with Gasteiger partial charge in [0.15, 0.2) is 0 Å². The third-order valence-electron chi connectivity index (χ3n) is 2.16. The van der Waals surface area contributed by atoms with E-state index in [4.69, 9.17) is 5.11 Å². The second-order valence-corrected chi connectivity index (χ2v) is 4.70. The third-order valence-corrected chi connectivity index (χ3v) is 3.19. The van der Waals surface area contributed by atoms with Gasteiger partial charge in [0.05, 0.1) is 5.03 Å². The Bertz CT molecular complexity index is 459. The van der Waals surface area contributed by atoms with Crippen LogP contribution in [0, 0.1) is 0 Å². The Labute approximate surface area is 91.5 Å². The summed E-state index contributed by atoms with van der Waals surface area (Å²) in [6.45, 7) is 1.68. The molecule has 2 rings (SSSR count). The average Bonchev–Trinajstić information content (AvgIpc) is 2.59. The van der Waals surface area contributed by atoms with E-state index in [2.05, 4.69) is 4.98 Å². The van der Waals surface area contributed by atoms with Crippen LogP contribution in [0.2, 0.25) is 0 Å². The predicted molar refractivity (Wildman–Crippen MR) is 61.3 cm³/mol. The highest BCUT2D eigenvalue weighted by Crippen LogP contribution is 2.26. The fourth-order valence-electron chi connectivity index (χ4n) is 1.35. The van der Waals surface area contributed by atoms with Crippen LogP contribution >= 0.6 is 11.8 Å². The summed E-state index contributed by atoms with van der Waals surface area (Å²) in [4.78, 5) is 13.9. The van der Waals surface area contributed by atoms with Gasteiger partial charge in [0.1, 0.15) is 5.25 Å². The van der Waals surface area contributed by atoms with Gasteiger partial charge in [-0.05, 0) is 19.1 Å². The number of hydrogen-bond donors (Lipinski definition) is 2. The van der Waals surface area contributed by atoms with Gasteiger partial charge < -0.3 is 10.1 Å². The van der Waals surface area contributed by atoms with E-state index < -0.39 is 11.2 Å². The zero-order valence-electron chi connectivity index (χ0n) is 8.23. The maximum atomic E-state index is 10.7. The van der Waals surface area contributed by atoms with Crippen LogP contribution in [0.25, 0.3) is 10.9 Å². The second-order valence-electron chi connectivity index (χ2n) is 3.32. The lowest BCUT2D eigenvalue weighted by atomic mass is 10.3. The minimum absolute atomic E-state index is 0.432. The Morgan fingerprint density at radius 1 is 1.47 bits per heavy atom. The van der Waals surface area contributed by atoms with Crippen molar-refractivity contribution >= 4 is 28.6 Å². The molecule has 0 fully saturated rings. The van der Waals surface area contributed by atoms with Gasteiger partial charge in [-0.1, -0.05) is 30.0 Å². The quantitative estimate of drug-likeness (QED) is 0.783. The van der Waals surface area contributed by atoms with E-state index >= 15 is 0 Å². The fraction of sp³-hybridized carbons (Fsp3) is 0.182. The Morgan fingerprint density at radius 3 is 2.87 bits per heavy atom. The fourth-order valence-corrected chi connectivity index (χ4v) is 2.20. The van der Waals surface area contributed by atoms with E-state index in [1.54, 1.807) is 6.92 Å². The molecule has 3 nitrogen and oxygen atoms in total. The van der Waals surface area contributed by atoms with E-state index in [1.165, 1.54) is 11.8 Å². The number of carbonyl (C=O) groups is 1. The topological polar surface area (TPSA) is 53.1 Å². The van der Waals surface area contributed by atoms with Crippen molar-refractivity contribution in [3.8, 4) is 0 Å². The summed E-state index contributed by atoms with van der Waals surface area (Å²) in [6, 6.07) is 9.87. The molecule has 1 heterocycles. The van der Waals surface area contributed by atoms with Gasteiger partial charge in [0.2, 0.25) is 0 Å². The SMILES string of the molecule is CC(Sc1cc2ccccc2[nH]1)C(=O)O. The van der Waals surface area contributed by atoms with E-state index in [-0.39, 0.29) is 0 Å². The molecule has 0 aliphatic heterocycles. The van der Waals surface area contributed by atoms with Crippen LogP contribution in [0.15, 0.2) is 35.4 Å². The van der Waals surface area contributed by atoms with Gasteiger partial charge in [0.25, 0.3) is 0 Å². The van der Waals surface area contributed by atoms with E-state index in [0.717, 1.165) is 15.9 Å². The highest BCUT2D eigenvalue weighted by Gasteiger charge is 2.13. The number of H-pyrrole nitrogens is 1. The molecule has 1 atom stereocenters. The summed E-state index contributed by atoms with van der Waals surface area (Å²) in [5.41, 5.74) is 1.04. The first-order valence-electron chi connectivity index (χ1n) is 4.64. The van der Waals surface area contributed by atoms with Crippen molar-refractivity contribution in [2.45, 2.75) is 17.2 Å². The minimum Gasteiger partial charge on any atom is -0.480 e. The summed E-state index contributed by atoms with van der Waals surface area (Å²) in [7, 11) is 0. The van der Waals surface area contributed by atoms with Gasteiger partial charge >= 0.3 is 5.97 Å². The molecule has 78 valence electrons. The number of nitrogens with one attached hydrogen (secondary N) is 1. The summed E-state index contributed by atoms with van der Waals surface area (Å²) in [5, 5.41) is 10.4. The van der Waals surface area contributed by atoms with Gasteiger partial charge in [-0.15, -0.1) is 0 Å².